The number of alkyl halides is 3. The fourth-order valence-electron chi connectivity index (χ4n) is 2.78. The van der Waals surface area contributed by atoms with E-state index in [1.165, 1.54) is 47.7 Å². The molecular weight excluding hydrogens is 426 g/mol. The number of amidine groups is 1. The van der Waals surface area contributed by atoms with Crippen LogP contribution in [0.4, 0.5) is 13.2 Å². The van der Waals surface area contributed by atoms with Crippen LogP contribution in [0.3, 0.4) is 0 Å². The summed E-state index contributed by atoms with van der Waals surface area (Å²) in [5, 5.41) is 12.0. The lowest BCUT2D eigenvalue weighted by atomic mass is 9.96. The highest BCUT2D eigenvalue weighted by atomic mass is 35.5. The molecule has 3 rings (SSSR count). The summed E-state index contributed by atoms with van der Waals surface area (Å²) in [6.07, 6.45) is 0.525. The van der Waals surface area contributed by atoms with Gasteiger partial charge < -0.3 is 5.73 Å². The number of halogens is 5. The van der Waals surface area contributed by atoms with Gasteiger partial charge in [-0.15, -0.1) is 0 Å². The third-order valence-corrected chi connectivity index (χ3v) is 4.49. The second-order valence-electron chi connectivity index (χ2n) is 6.11. The summed E-state index contributed by atoms with van der Waals surface area (Å²) in [5.74, 6) is -2.16. The van der Waals surface area contributed by atoms with Crippen LogP contribution in [0.15, 0.2) is 55.1 Å². The molecule has 0 aliphatic heterocycles. The van der Waals surface area contributed by atoms with Crippen LogP contribution in [-0.2, 0) is 0 Å². The minimum atomic E-state index is -4.55. The first-order valence-electron chi connectivity index (χ1n) is 8.19. The van der Waals surface area contributed by atoms with Crippen molar-refractivity contribution in [3.63, 3.8) is 0 Å². The first-order valence-corrected chi connectivity index (χ1v) is 8.95. The molecule has 0 saturated carbocycles. The maximum Gasteiger partial charge on any atom is 0.399 e. The molecule has 1 heterocycles. The molecule has 150 valence electrons. The van der Waals surface area contributed by atoms with E-state index < -0.39 is 12.1 Å². The van der Waals surface area contributed by atoms with Crippen LogP contribution in [0.1, 0.15) is 22.6 Å². The van der Waals surface area contributed by atoms with Crippen LogP contribution >= 0.6 is 23.2 Å². The smallest absolute Gasteiger partial charge is 0.384 e. The Morgan fingerprint density at radius 3 is 2.38 bits per heavy atom. The second kappa shape index (κ2) is 8.26. The van der Waals surface area contributed by atoms with Crippen molar-refractivity contribution >= 4 is 35.1 Å². The number of nitrogens with one attached hydrogen (secondary N) is 1. The molecule has 0 aliphatic rings. The van der Waals surface area contributed by atoms with Gasteiger partial charge in [0.15, 0.2) is 0 Å². The minimum absolute atomic E-state index is 0.0720. The third-order valence-electron chi connectivity index (χ3n) is 4.05. The largest absolute Gasteiger partial charge is 0.399 e. The number of nitrogens with two attached hydrogens (primary N) is 1. The molecule has 10 heteroatoms. The molecule has 1 unspecified atom stereocenters. The molecule has 0 aliphatic carbocycles. The van der Waals surface area contributed by atoms with Crippen molar-refractivity contribution in [3.8, 4) is 5.69 Å². The number of allylic oxidation sites excluding steroid dienone is 1. The summed E-state index contributed by atoms with van der Waals surface area (Å²) >= 11 is 11.7. The Bertz CT molecular complexity index is 1040. The molecule has 0 saturated heterocycles. The van der Waals surface area contributed by atoms with Gasteiger partial charge >= 0.3 is 6.18 Å². The highest BCUT2D eigenvalue weighted by molar-refractivity contribution is 6.34. The number of rotatable bonds is 5. The second-order valence-corrected chi connectivity index (χ2v) is 6.98. The van der Waals surface area contributed by atoms with Crippen LogP contribution in [0, 0.1) is 5.41 Å². The van der Waals surface area contributed by atoms with Gasteiger partial charge in [-0.05, 0) is 41.5 Å². The van der Waals surface area contributed by atoms with E-state index in [4.69, 9.17) is 34.3 Å². The Labute approximate surface area is 174 Å². The lowest BCUT2D eigenvalue weighted by Crippen LogP contribution is -2.19. The van der Waals surface area contributed by atoms with E-state index in [-0.39, 0.29) is 21.4 Å². The fourth-order valence-corrected chi connectivity index (χ4v) is 3.32. The highest BCUT2D eigenvalue weighted by Gasteiger charge is 2.39. The van der Waals surface area contributed by atoms with Gasteiger partial charge in [-0.3, -0.25) is 5.41 Å². The van der Waals surface area contributed by atoms with Crippen molar-refractivity contribution in [3.05, 3.63) is 81.9 Å². The molecule has 1 atom stereocenters. The van der Waals surface area contributed by atoms with Gasteiger partial charge in [-0.1, -0.05) is 41.4 Å². The lowest BCUT2D eigenvalue weighted by Gasteiger charge is -2.18. The van der Waals surface area contributed by atoms with Crippen LogP contribution in [-0.4, -0.2) is 26.8 Å². The van der Waals surface area contributed by atoms with E-state index >= 15 is 0 Å². The van der Waals surface area contributed by atoms with Crippen molar-refractivity contribution in [1.29, 1.82) is 5.41 Å². The van der Waals surface area contributed by atoms with E-state index in [2.05, 4.69) is 10.1 Å². The zero-order valence-corrected chi connectivity index (χ0v) is 16.2. The number of hydrogen-bond acceptors (Lipinski definition) is 3. The Morgan fingerprint density at radius 2 is 1.83 bits per heavy atom. The summed E-state index contributed by atoms with van der Waals surface area (Å²) in [5.41, 5.74) is 6.79. The molecule has 0 spiro atoms. The molecule has 3 N–H and O–H groups in total. The van der Waals surface area contributed by atoms with E-state index in [1.807, 2.05) is 0 Å². The summed E-state index contributed by atoms with van der Waals surface area (Å²) in [4.78, 5) is 3.84. The standard InChI is InChI=1S/C19H14Cl2F3N5/c20-13-6-12(7-14(21)8-13)16(19(22,23)24)3-1-11-2-4-17(15(5-11)18(25)26)29-10-27-9-28-29/h1-10,16H,(H3,25,26)/b3-1+. The predicted octanol–water partition coefficient (Wildman–Crippen LogP) is 5.22. The number of nitrogen functional groups attached to an aromatic ring is 1. The van der Waals surface area contributed by atoms with Crippen LogP contribution in [0.5, 0.6) is 0 Å². The van der Waals surface area contributed by atoms with Gasteiger partial charge in [0.05, 0.1) is 11.6 Å². The number of benzene rings is 2. The van der Waals surface area contributed by atoms with Crippen molar-refractivity contribution in [2.45, 2.75) is 12.1 Å². The average molecular weight is 440 g/mol. The zero-order chi connectivity index (χ0) is 21.2. The fraction of sp³-hybridized carbons (Fsp3) is 0.105. The maximum absolute atomic E-state index is 13.6. The zero-order valence-electron chi connectivity index (χ0n) is 14.7. The van der Waals surface area contributed by atoms with Crippen LogP contribution < -0.4 is 5.73 Å². The molecule has 29 heavy (non-hydrogen) atoms. The Hall–Kier alpha value is -2.84. The van der Waals surface area contributed by atoms with E-state index in [1.54, 1.807) is 12.1 Å². The van der Waals surface area contributed by atoms with E-state index in [9.17, 15) is 13.2 Å². The highest BCUT2D eigenvalue weighted by Crippen LogP contribution is 2.38. The SMILES string of the molecule is N=C(N)c1cc(/C=C/C(c2cc(Cl)cc(Cl)c2)C(F)(F)F)ccc1-n1cncn1. The Balaban J connectivity index is 1.99. The van der Waals surface area contributed by atoms with Crippen molar-refractivity contribution in [1.82, 2.24) is 14.8 Å². The minimum Gasteiger partial charge on any atom is -0.384 e. The predicted molar refractivity (Wildman–Crippen MR) is 107 cm³/mol. The molecule has 5 nitrogen and oxygen atoms in total. The molecule has 1 aromatic heterocycles. The first-order chi connectivity index (χ1) is 13.6. The van der Waals surface area contributed by atoms with Crippen LogP contribution in [0.2, 0.25) is 10.0 Å². The quantitative estimate of drug-likeness (QED) is 0.422. The van der Waals surface area contributed by atoms with Gasteiger partial charge in [-0.2, -0.15) is 18.3 Å². The summed E-state index contributed by atoms with van der Waals surface area (Å²) in [6.45, 7) is 0. The molecular formula is C19H14Cl2F3N5. The number of hydrogen-bond donors (Lipinski definition) is 2. The molecule has 0 bridgehead atoms. The van der Waals surface area contributed by atoms with Crippen molar-refractivity contribution in [2.75, 3.05) is 0 Å². The maximum atomic E-state index is 13.6. The van der Waals surface area contributed by atoms with Gasteiger partial charge in [0.1, 0.15) is 18.5 Å². The summed E-state index contributed by atoms with van der Waals surface area (Å²) < 4.78 is 42.3. The Kier molecular flexibility index (Phi) is 5.95. The Morgan fingerprint density at radius 1 is 1.14 bits per heavy atom. The normalized spacial score (nSPS) is 13.0. The van der Waals surface area contributed by atoms with Gasteiger partial charge in [0, 0.05) is 15.6 Å². The number of nitrogens with zero attached hydrogens (tertiary/aromatic N) is 3. The third kappa shape index (κ3) is 4.96. The monoisotopic (exact) mass is 439 g/mol. The average Bonchev–Trinajstić information content (AvgIpc) is 3.14. The molecule has 3 aromatic rings. The van der Waals surface area contributed by atoms with Crippen molar-refractivity contribution in [2.24, 2.45) is 5.73 Å². The molecule has 0 amide bonds. The first kappa shape index (κ1) is 20.9. The molecule has 0 radical (unpaired) electrons. The van der Waals surface area contributed by atoms with Crippen molar-refractivity contribution < 1.29 is 13.2 Å². The van der Waals surface area contributed by atoms with E-state index in [0.29, 0.717) is 16.8 Å². The number of aromatic nitrogens is 3. The van der Waals surface area contributed by atoms with E-state index in [0.717, 1.165) is 6.08 Å². The topological polar surface area (TPSA) is 80.6 Å². The van der Waals surface area contributed by atoms with Crippen LogP contribution in [0.25, 0.3) is 11.8 Å². The van der Waals surface area contributed by atoms with Gasteiger partial charge in [0.2, 0.25) is 0 Å². The van der Waals surface area contributed by atoms with Gasteiger partial charge in [0.25, 0.3) is 0 Å². The molecule has 0 fully saturated rings. The summed E-state index contributed by atoms with van der Waals surface area (Å²) in [6, 6.07) is 8.53. The molecule has 2 aromatic carbocycles. The van der Waals surface area contributed by atoms with Gasteiger partial charge in [-0.25, -0.2) is 9.67 Å². The summed E-state index contributed by atoms with van der Waals surface area (Å²) in [7, 11) is 0. The lowest BCUT2D eigenvalue weighted by molar-refractivity contribution is -0.139.